The lowest BCUT2D eigenvalue weighted by Crippen LogP contribution is -2.23. The molecule has 120 valence electrons. The van der Waals surface area contributed by atoms with Crippen LogP contribution < -0.4 is 10.1 Å². The van der Waals surface area contributed by atoms with Crippen LogP contribution in [0.1, 0.15) is 28.8 Å². The molecule has 0 atom stereocenters. The first-order chi connectivity index (χ1) is 11.1. The number of halogens is 1. The highest BCUT2D eigenvalue weighted by atomic mass is 35.5. The monoisotopic (exact) mass is 331 g/mol. The number of ether oxygens (including phenoxy) is 1. The summed E-state index contributed by atoms with van der Waals surface area (Å²) in [4.78, 5) is 24.1. The molecular formula is C18H18ClNO3. The second-order valence-corrected chi connectivity index (χ2v) is 5.47. The van der Waals surface area contributed by atoms with Gasteiger partial charge < -0.3 is 10.1 Å². The van der Waals surface area contributed by atoms with E-state index in [0.717, 1.165) is 5.56 Å². The van der Waals surface area contributed by atoms with Crippen LogP contribution in [0.3, 0.4) is 0 Å². The molecule has 0 aliphatic heterocycles. The van der Waals surface area contributed by atoms with Crippen LogP contribution in [0.5, 0.6) is 5.75 Å². The number of hydrogen-bond acceptors (Lipinski definition) is 3. The third kappa shape index (κ3) is 5.11. The van der Waals surface area contributed by atoms with Crippen LogP contribution in [-0.4, -0.2) is 18.8 Å². The van der Waals surface area contributed by atoms with E-state index < -0.39 is 0 Å². The van der Waals surface area contributed by atoms with E-state index in [1.54, 1.807) is 18.2 Å². The van der Waals surface area contributed by atoms with Gasteiger partial charge in [-0.3, -0.25) is 9.59 Å². The zero-order valence-electron chi connectivity index (χ0n) is 12.8. The van der Waals surface area contributed by atoms with Crippen molar-refractivity contribution in [3.63, 3.8) is 0 Å². The lowest BCUT2D eigenvalue weighted by Gasteiger charge is -2.08. The topological polar surface area (TPSA) is 55.4 Å². The van der Waals surface area contributed by atoms with Gasteiger partial charge in [-0.25, -0.2) is 0 Å². The summed E-state index contributed by atoms with van der Waals surface area (Å²) < 4.78 is 5.15. The van der Waals surface area contributed by atoms with Crippen molar-refractivity contribution >= 4 is 23.3 Å². The molecule has 0 radical (unpaired) electrons. The number of benzene rings is 2. The van der Waals surface area contributed by atoms with E-state index in [2.05, 4.69) is 5.32 Å². The number of nitrogens with one attached hydrogen (secondary N) is 1. The fraction of sp³-hybridized carbons (Fsp3) is 0.222. The number of amides is 1. The maximum atomic E-state index is 12.2. The largest absolute Gasteiger partial charge is 0.496 e. The molecule has 1 amide bonds. The molecular weight excluding hydrogens is 314 g/mol. The molecule has 0 saturated heterocycles. The van der Waals surface area contributed by atoms with Gasteiger partial charge in [-0.2, -0.15) is 0 Å². The van der Waals surface area contributed by atoms with E-state index in [9.17, 15) is 9.59 Å². The van der Waals surface area contributed by atoms with Gasteiger partial charge in [0, 0.05) is 24.4 Å². The number of hydrogen-bond donors (Lipinski definition) is 1. The lowest BCUT2D eigenvalue weighted by atomic mass is 10.1. The molecule has 2 aromatic rings. The van der Waals surface area contributed by atoms with Crippen LogP contribution >= 0.6 is 11.6 Å². The molecule has 2 aromatic carbocycles. The highest BCUT2D eigenvalue weighted by Crippen LogP contribution is 2.24. The highest BCUT2D eigenvalue weighted by molar-refractivity contribution is 6.31. The Morgan fingerprint density at radius 1 is 1.09 bits per heavy atom. The molecule has 0 bridgehead atoms. The number of carbonyl (C=O) groups excluding carboxylic acids is 2. The highest BCUT2D eigenvalue weighted by Gasteiger charge is 2.14. The summed E-state index contributed by atoms with van der Waals surface area (Å²) >= 11 is 5.91. The predicted molar refractivity (Wildman–Crippen MR) is 89.9 cm³/mol. The van der Waals surface area contributed by atoms with Crippen LogP contribution in [0.25, 0.3) is 0 Å². The lowest BCUT2D eigenvalue weighted by molar-refractivity contribution is -0.121. The second kappa shape index (κ2) is 8.34. The summed E-state index contributed by atoms with van der Waals surface area (Å²) in [6.07, 6.45) is 0.235. The molecule has 2 rings (SSSR count). The summed E-state index contributed by atoms with van der Waals surface area (Å²) in [6, 6.07) is 14.5. The number of rotatable bonds is 7. The maximum Gasteiger partial charge on any atom is 0.220 e. The number of ketones is 1. The van der Waals surface area contributed by atoms with Crippen LogP contribution in [-0.2, 0) is 11.3 Å². The van der Waals surface area contributed by atoms with Crippen molar-refractivity contribution in [2.45, 2.75) is 19.4 Å². The average molecular weight is 332 g/mol. The van der Waals surface area contributed by atoms with Gasteiger partial charge in [-0.15, -0.1) is 0 Å². The maximum absolute atomic E-state index is 12.2. The first-order valence-corrected chi connectivity index (χ1v) is 7.65. The van der Waals surface area contributed by atoms with E-state index in [-0.39, 0.29) is 24.5 Å². The van der Waals surface area contributed by atoms with Crippen LogP contribution in [0.15, 0.2) is 48.5 Å². The van der Waals surface area contributed by atoms with E-state index in [1.165, 1.54) is 7.11 Å². The first-order valence-electron chi connectivity index (χ1n) is 7.27. The summed E-state index contributed by atoms with van der Waals surface area (Å²) in [5.74, 6) is 0.131. The quantitative estimate of drug-likeness (QED) is 0.788. The SMILES string of the molecule is COc1ccc(Cl)cc1C(=O)CCC(=O)NCc1ccccc1. The van der Waals surface area contributed by atoms with Gasteiger partial charge in [0.25, 0.3) is 0 Å². The van der Waals surface area contributed by atoms with Crippen molar-refractivity contribution in [2.75, 3.05) is 7.11 Å². The Morgan fingerprint density at radius 3 is 2.52 bits per heavy atom. The van der Waals surface area contributed by atoms with Crippen molar-refractivity contribution in [2.24, 2.45) is 0 Å². The molecule has 0 aliphatic carbocycles. The van der Waals surface area contributed by atoms with Crippen molar-refractivity contribution in [3.8, 4) is 5.75 Å². The minimum absolute atomic E-state index is 0.108. The molecule has 1 N–H and O–H groups in total. The molecule has 5 heteroatoms. The second-order valence-electron chi connectivity index (χ2n) is 5.03. The molecule has 4 nitrogen and oxygen atoms in total. The zero-order valence-corrected chi connectivity index (χ0v) is 13.6. The van der Waals surface area contributed by atoms with E-state index >= 15 is 0 Å². The average Bonchev–Trinajstić information content (AvgIpc) is 2.58. The molecule has 0 aliphatic rings. The Kier molecular flexibility index (Phi) is 6.18. The molecule has 23 heavy (non-hydrogen) atoms. The number of carbonyl (C=O) groups is 2. The standard InChI is InChI=1S/C18H18ClNO3/c1-23-17-9-7-14(19)11-15(17)16(21)8-10-18(22)20-12-13-5-3-2-4-6-13/h2-7,9,11H,8,10,12H2,1H3,(H,20,22). The normalized spacial score (nSPS) is 10.2. The van der Waals surface area contributed by atoms with Gasteiger partial charge in [0.2, 0.25) is 5.91 Å². The van der Waals surface area contributed by atoms with Crippen molar-refractivity contribution in [1.82, 2.24) is 5.32 Å². The first kappa shape index (κ1) is 17.0. The third-order valence-electron chi connectivity index (χ3n) is 3.37. The predicted octanol–water partition coefficient (Wildman–Crippen LogP) is 3.63. The van der Waals surface area contributed by atoms with Gasteiger partial charge in [-0.05, 0) is 23.8 Å². The Balaban J connectivity index is 1.86. The van der Waals surface area contributed by atoms with Crippen molar-refractivity contribution in [3.05, 3.63) is 64.7 Å². The molecule has 0 unspecified atom stereocenters. The van der Waals surface area contributed by atoms with Gasteiger partial charge in [0.1, 0.15) is 5.75 Å². The smallest absolute Gasteiger partial charge is 0.220 e. The Labute approximate surface area is 140 Å². The molecule has 0 aromatic heterocycles. The van der Waals surface area contributed by atoms with Crippen LogP contribution in [0.2, 0.25) is 5.02 Å². The Hall–Kier alpha value is -2.33. The summed E-state index contributed by atoms with van der Waals surface area (Å²) in [5.41, 5.74) is 1.42. The van der Waals surface area contributed by atoms with Gasteiger partial charge in [0.15, 0.2) is 5.78 Å². The summed E-state index contributed by atoms with van der Waals surface area (Å²) in [7, 11) is 1.49. The van der Waals surface area contributed by atoms with E-state index in [0.29, 0.717) is 22.9 Å². The van der Waals surface area contributed by atoms with Crippen molar-refractivity contribution in [1.29, 1.82) is 0 Å². The number of Topliss-reactive ketones (excluding diaryl/α,β-unsaturated/α-hetero) is 1. The third-order valence-corrected chi connectivity index (χ3v) is 3.61. The minimum Gasteiger partial charge on any atom is -0.496 e. The molecule has 0 fully saturated rings. The minimum atomic E-state index is -0.167. The molecule has 0 spiro atoms. The fourth-order valence-electron chi connectivity index (χ4n) is 2.14. The van der Waals surface area contributed by atoms with Gasteiger partial charge >= 0.3 is 0 Å². The van der Waals surface area contributed by atoms with Crippen LogP contribution in [0.4, 0.5) is 0 Å². The zero-order chi connectivity index (χ0) is 16.7. The van der Waals surface area contributed by atoms with Crippen molar-refractivity contribution < 1.29 is 14.3 Å². The summed E-state index contributed by atoms with van der Waals surface area (Å²) in [6.45, 7) is 0.453. The van der Waals surface area contributed by atoms with E-state index in [1.807, 2.05) is 30.3 Å². The fourth-order valence-corrected chi connectivity index (χ4v) is 2.32. The number of methoxy groups -OCH3 is 1. The Morgan fingerprint density at radius 2 is 1.83 bits per heavy atom. The van der Waals surface area contributed by atoms with Gasteiger partial charge in [0.05, 0.1) is 12.7 Å². The molecule has 0 heterocycles. The van der Waals surface area contributed by atoms with Gasteiger partial charge in [-0.1, -0.05) is 41.9 Å². The Bertz CT molecular complexity index is 686. The van der Waals surface area contributed by atoms with E-state index in [4.69, 9.17) is 16.3 Å². The van der Waals surface area contributed by atoms with Crippen LogP contribution in [0, 0.1) is 0 Å². The summed E-state index contributed by atoms with van der Waals surface area (Å²) in [5, 5.41) is 3.26. The molecule has 0 saturated carbocycles.